The van der Waals surface area contributed by atoms with Gasteiger partial charge in [0.15, 0.2) is 5.82 Å². The molecule has 0 atom stereocenters. The van der Waals surface area contributed by atoms with Crippen molar-refractivity contribution in [3.05, 3.63) is 54.1 Å². The van der Waals surface area contributed by atoms with Crippen LogP contribution in [0.25, 0.3) is 10.8 Å². The minimum Gasteiger partial charge on any atom is -0.485 e. The number of aromatic nitrogens is 3. The van der Waals surface area contributed by atoms with E-state index in [1.807, 2.05) is 25.2 Å². The molecule has 3 rings (SSSR count). The van der Waals surface area contributed by atoms with Gasteiger partial charge in [-0.3, -0.25) is 4.68 Å². The van der Waals surface area contributed by atoms with Crippen LogP contribution >= 0.6 is 15.9 Å². The molecule has 5 heteroatoms. The van der Waals surface area contributed by atoms with Crippen LogP contribution in [0.3, 0.4) is 0 Å². The molecule has 0 saturated carbocycles. The first-order chi connectivity index (χ1) is 9.79. The van der Waals surface area contributed by atoms with Crippen molar-refractivity contribution in [1.29, 1.82) is 0 Å². The third kappa shape index (κ3) is 2.41. The Bertz CT molecular complexity index is 739. The van der Waals surface area contributed by atoms with Gasteiger partial charge in [0.1, 0.15) is 18.7 Å². The standard InChI is InChI=1S/C15H14BrN3O/c1-19-15(17-10-18-19)9-20-14-7-6-11-4-2-3-5-12(11)13(14)8-16/h2-7,10H,8-9H2,1H3. The first-order valence-corrected chi connectivity index (χ1v) is 7.44. The van der Waals surface area contributed by atoms with Gasteiger partial charge in [0.05, 0.1) is 0 Å². The summed E-state index contributed by atoms with van der Waals surface area (Å²) in [5.74, 6) is 1.68. The lowest BCUT2D eigenvalue weighted by atomic mass is 10.0. The summed E-state index contributed by atoms with van der Waals surface area (Å²) in [6.45, 7) is 0.412. The highest BCUT2D eigenvalue weighted by molar-refractivity contribution is 9.08. The molecule has 0 saturated heterocycles. The van der Waals surface area contributed by atoms with Crippen LogP contribution in [0.4, 0.5) is 0 Å². The Hall–Kier alpha value is -1.88. The number of rotatable bonds is 4. The molecule has 0 amide bonds. The topological polar surface area (TPSA) is 39.9 Å². The van der Waals surface area contributed by atoms with Gasteiger partial charge in [-0.15, -0.1) is 0 Å². The molecule has 0 aliphatic heterocycles. The molecule has 0 bridgehead atoms. The monoisotopic (exact) mass is 331 g/mol. The lowest BCUT2D eigenvalue weighted by Crippen LogP contribution is -2.05. The molecular formula is C15H14BrN3O. The Balaban J connectivity index is 1.93. The summed E-state index contributed by atoms with van der Waals surface area (Å²) in [6, 6.07) is 12.4. The van der Waals surface area contributed by atoms with E-state index in [-0.39, 0.29) is 0 Å². The van der Waals surface area contributed by atoms with Crippen LogP contribution in [-0.4, -0.2) is 14.8 Å². The number of benzene rings is 2. The summed E-state index contributed by atoms with van der Waals surface area (Å²) in [6.07, 6.45) is 1.53. The predicted molar refractivity (Wildman–Crippen MR) is 81.9 cm³/mol. The molecule has 3 aromatic rings. The maximum absolute atomic E-state index is 5.91. The quantitative estimate of drug-likeness (QED) is 0.687. The average molecular weight is 332 g/mol. The minimum absolute atomic E-state index is 0.412. The van der Waals surface area contributed by atoms with Gasteiger partial charge in [0.2, 0.25) is 0 Å². The fraction of sp³-hybridized carbons (Fsp3) is 0.200. The zero-order valence-electron chi connectivity index (χ0n) is 11.1. The predicted octanol–water partition coefficient (Wildman–Crippen LogP) is 3.44. The Morgan fingerprint density at radius 3 is 2.80 bits per heavy atom. The van der Waals surface area contributed by atoms with Gasteiger partial charge in [0.25, 0.3) is 0 Å². The lowest BCUT2D eigenvalue weighted by molar-refractivity contribution is 0.288. The SMILES string of the molecule is Cn1ncnc1COc1ccc2ccccc2c1CBr. The number of alkyl halides is 1. The van der Waals surface area contributed by atoms with E-state index < -0.39 is 0 Å². The number of hydrogen-bond donors (Lipinski definition) is 0. The van der Waals surface area contributed by atoms with Crippen molar-refractivity contribution < 1.29 is 4.74 Å². The molecule has 20 heavy (non-hydrogen) atoms. The van der Waals surface area contributed by atoms with E-state index in [2.05, 4.69) is 44.2 Å². The van der Waals surface area contributed by atoms with Crippen molar-refractivity contribution in [3.8, 4) is 5.75 Å². The molecule has 102 valence electrons. The van der Waals surface area contributed by atoms with Crippen LogP contribution in [0, 0.1) is 0 Å². The van der Waals surface area contributed by atoms with E-state index in [9.17, 15) is 0 Å². The van der Waals surface area contributed by atoms with Crippen LogP contribution < -0.4 is 4.74 Å². The highest BCUT2D eigenvalue weighted by Gasteiger charge is 2.09. The van der Waals surface area contributed by atoms with E-state index in [4.69, 9.17) is 4.74 Å². The van der Waals surface area contributed by atoms with Crippen molar-refractivity contribution in [2.24, 2.45) is 7.05 Å². The largest absolute Gasteiger partial charge is 0.485 e. The molecule has 4 nitrogen and oxygen atoms in total. The second-order valence-corrected chi connectivity index (χ2v) is 5.05. The molecule has 0 spiro atoms. The van der Waals surface area contributed by atoms with E-state index in [1.165, 1.54) is 17.1 Å². The molecule has 2 aromatic carbocycles. The third-order valence-corrected chi connectivity index (χ3v) is 3.85. The molecule has 0 radical (unpaired) electrons. The van der Waals surface area contributed by atoms with Crippen molar-refractivity contribution in [3.63, 3.8) is 0 Å². The van der Waals surface area contributed by atoms with Gasteiger partial charge in [-0.05, 0) is 16.8 Å². The van der Waals surface area contributed by atoms with Crippen LogP contribution in [0.15, 0.2) is 42.7 Å². The Morgan fingerprint density at radius 1 is 1.20 bits per heavy atom. The highest BCUT2D eigenvalue weighted by Crippen LogP contribution is 2.30. The molecule has 1 heterocycles. The second kappa shape index (κ2) is 5.63. The van der Waals surface area contributed by atoms with Crippen LogP contribution in [0.2, 0.25) is 0 Å². The summed E-state index contributed by atoms with van der Waals surface area (Å²) in [5, 5.41) is 7.21. The number of nitrogens with zero attached hydrogens (tertiary/aromatic N) is 3. The highest BCUT2D eigenvalue weighted by atomic mass is 79.9. The number of halogens is 1. The van der Waals surface area contributed by atoms with Crippen molar-refractivity contribution >= 4 is 26.7 Å². The maximum Gasteiger partial charge on any atom is 0.164 e. The van der Waals surface area contributed by atoms with E-state index >= 15 is 0 Å². The molecule has 0 aliphatic rings. The summed E-state index contributed by atoms with van der Waals surface area (Å²) in [5.41, 5.74) is 1.16. The lowest BCUT2D eigenvalue weighted by Gasteiger charge is -2.12. The Morgan fingerprint density at radius 2 is 2.05 bits per heavy atom. The summed E-state index contributed by atoms with van der Waals surface area (Å²) in [4.78, 5) is 4.16. The number of hydrogen-bond acceptors (Lipinski definition) is 3. The summed E-state index contributed by atoms with van der Waals surface area (Å²) in [7, 11) is 1.86. The fourth-order valence-electron chi connectivity index (χ4n) is 2.18. The van der Waals surface area contributed by atoms with Crippen molar-refractivity contribution in [1.82, 2.24) is 14.8 Å². The van der Waals surface area contributed by atoms with E-state index in [0.29, 0.717) is 6.61 Å². The van der Waals surface area contributed by atoms with Gasteiger partial charge in [-0.1, -0.05) is 46.3 Å². The number of aryl methyl sites for hydroxylation is 1. The van der Waals surface area contributed by atoms with Gasteiger partial charge in [0, 0.05) is 17.9 Å². The zero-order chi connectivity index (χ0) is 13.9. The molecular weight excluding hydrogens is 318 g/mol. The normalized spacial score (nSPS) is 10.9. The van der Waals surface area contributed by atoms with Gasteiger partial charge < -0.3 is 4.74 Å². The number of fused-ring (bicyclic) bond motifs is 1. The first kappa shape index (κ1) is 13.1. The Kier molecular flexibility index (Phi) is 3.69. The summed E-state index contributed by atoms with van der Waals surface area (Å²) < 4.78 is 7.63. The van der Waals surface area contributed by atoms with Gasteiger partial charge in [-0.25, -0.2) is 4.98 Å². The molecule has 0 aliphatic carbocycles. The molecule has 0 N–H and O–H groups in total. The Labute approximate surface area is 125 Å². The minimum atomic E-state index is 0.412. The van der Waals surface area contributed by atoms with E-state index in [0.717, 1.165) is 22.5 Å². The second-order valence-electron chi connectivity index (χ2n) is 4.49. The van der Waals surface area contributed by atoms with Crippen molar-refractivity contribution in [2.45, 2.75) is 11.9 Å². The summed E-state index contributed by atoms with van der Waals surface area (Å²) >= 11 is 3.55. The zero-order valence-corrected chi connectivity index (χ0v) is 12.7. The van der Waals surface area contributed by atoms with Crippen molar-refractivity contribution in [2.75, 3.05) is 0 Å². The molecule has 0 fully saturated rings. The van der Waals surface area contributed by atoms with Gasteiger partial charge in [-0.2, -0.15) is 5.10 Å². The van der Waals surface area contributed by atoms with Crippen LogP contribution in [-0.2, 0) is 19.0 Å². The fourth-order valence-corrected chi connectivity index (χ4v) is 2.76. The molecule has 0 unspecified atom stereocenters. The van der Waals surface area contributed by atoms with Crippen LogP contribution in [0.1, 0.15) is 11.4 Å². The smallest absolute Gasteiger partial charge is 0.164 e. The van der Waals surface area contributed by atoms with Gasteiger partial charge >= 0.3 is 0 Å². The third-order valence-electron chi connectivity index (χ3n) is 3.29. The first-order valence-electron chi connectivity index (χ1n) is 6.32. The van der Waals surface area contributed by atoms with Crippen LogP contribution in [0.5, 0.6) is 5.75 Å². The van der Waals surface area contributed by atoms with E-state index in [1.54, 1.807) is 4.68 Å². The maximum atomic E-state index is 5.91. The molecule has 1 aromatic heterocycles. The average Bonchev–Trinajstić information content (AvgIpc) is 2.89. The number of ether oxygens (including phenoxy) is 1.